The summed E-state index contributed by atoms with van der Waals surface area (Å²) < 4.78 is 16.1. The van der Waals surface area contributed by atoms with Gasteiger partial charge in [0.15, 0.2) is 0 Å². The van der Waals surface area contributed by atoms with Gasteiger partial charge in [-0.25, -0.2) is 9.07 Å². The Bertz CT molecular complexity index is 508. The van der Waals surface area contributed by atoms with Crippen molar-refractivity contribution in [3.8, 4) is 5.69 Å². The van der Waals surface area contributed by atoms with Gasteiger partial charge in [-0.05, 0) is 34.5 Å². The molecule has 0 unspecified atom stereocenters. The fraction of sp³-hybridized carbons (Fsp3) is 0.182. The molecule has 2 aromatic rings. The van der Waals surface area contributed by atoms with Crippen LogP contribution in [0.25, 0.3) is 5.69 Å². The highest BCUT2D eigenvalue weighted by atomic mass is 79.9. The largest absolute Gasteiger partial charge is 0.324 e. The molecule has 0 saturated carbocycles. The van der Waals surface area contributed by atoms with Crippen molar-refractivity contribution in [2.45, 2.75) is 13.0 Å². The lowest BCUT2D eigenvalue weighted by atomic mass is 10.1. The molecule has 2 N–H and O–H groups in total. The zero-order chi connectivity index (χ0) is 11.7. The number of hydrogen-bond acceptors (Lipinski definition) is 2. The molecule has 2 rings (SSSR count). The summed E-state index contributed by atoms with van der Waals surface area (Å²) in [5.74, 6) is -0.328. The molecule has 1 heterocycles. The Morgan fingerprint density at radius 3 is 2.81 bits per heavy atom. The van der Waals surface area contributed by atoms with Crippen molar-refractivity contribution in [2.75, 3.05) is 0 Å². The van der Waals surface area contributed by atoms with E-state index in [2.05, 4.69) is 21.0 Å². The molecular weight excluding hydrogens is 273 g/mol. The van der Waals surface area contributed by atoms with Crippen LogP contribution in [0.1, 0.15) is 18.5 Å². The van der Waals surface area contributed by atoms with E-state index in [0.29, 0.717) is 5.69 Å². The van der Waals surface area contributed by atoms with Gasteiger partial charge in [0.25, 0.3) is 0 Å². The second kappa shape index (κ2) is 4.35. The normalized spacial score (nSPS) is 12.8. The predicted molar refractivity (Wildman–Crippen MR) is 63.8 cm³/mol. The summed E-state index contributed by atoms with van der Waals surface area (Å²) in [5.41, 5.74) is 6.95. The molecular formula is C11H11BrFN3. The van der Waals surface area contributed by atoms with Gasteiger partial charge in [0.1, 0.15) is 11.5 Å². The van der Waals surface area contributed by atoms with Crippen LogP contribution in [0.3, 0.4) is 0 Å². The average Bonchev–Trinajstić information content (AvgIpc) is 2.64. The summed E-state index contributed by atoms with van der Waals surface area (Å²) in [6.07, 6.45) is 3.31. The van der Waals surface area contributed by atoms with E-state index < -0.39 is 0 Å². The van der Waals surface area contributed by atoms with Gasteiger partial charge in [0.05, 0.1) is 10.7 Å². The third-order valence-electron chi connectivity index (χ3n) is 2.29. The predicted octanol–water partition coefficient (Wildman–Crippen LogP) is 2.79. The van der Waals surface area contributed by atoms with E-state index in [0.717, 1.165) is 10.0 Å². The second-order valence-corrected chi connectivity index (χ2v) is 4.49. The van der Waals surface area contributed by atoms with E-state index in [4.69, 9.17) is 5.73 Å². The van der Waals surface area contributed by atoms with Crippen molar-refractivity contribution in [1.29, 1.82) is 0 Å². The van der Waals surface area contributed by atoms with Gasteiger partial charge in [-0.2, -0.15) is 5.10 Å². The Balaban J connectivity index is 2.62. The number of halogens is 2. The molecule has 5 heteroatoms. The first-order chi connectivity index (χ1) is 7.59. The van der Waals surface area contributed by atoms with Crippen LogP contribution < -0.4 is 5.73 Å². The minimum atomic E-state index is -0.328. The van der Waals surface area contributed by atoms with Gasteiger partial charge in [0, 0.05) is 12.2 Å². The molecule has 16 heavy (non-hydrogen) atoms. The number of nitrogens with zero attached hydrogens (tertiary/aromatic N) is 2. The maximum absolute atomic E-state index is 13.8. The van der Waals surface area contributed by atoms with Gasteiger partial charge in [-0.15, -0.1) is 0 Å². The van der Waals surface area contributed by atoms with Crippen LogP contribution in [-0.4, -0.2) is 9.78 Å². The lowest BCUT2D eigenvalue weighted by Crippen LogP contribution is -2.11. The topological polar surface area (TPSA) is 43.8 Å². The first-order valence-electron chi connectivity index (χ1n) is 4.84. The molecule has 0 bridgehead atoms. The molecule has 1 aromatic heterocycles. The Labute approximate surface area is 101 Å². The van der Waals surface area contributed by atoms with Gasteiger partial charge >= 0.3 is 0 Å². The van der Waals surface area contributed by atoms with E-state index in [-0.39, 0.29) is 11.9 Å². The summed E-state index contributed by atoms with van der Waals surface area (Å²) in [6.45, 7) is 1.82. The Morgan fingerprint density at radius 2 is 2.25 bits per heavy atom. The minimum Gasteiger partial charge on any atom is -0.324 e. The average molecular weight is 284 g/mol. The Morgan fingerprint density at radius 1 is 1.50 bits per heavy atom. The minimum absolute atomic E-state index is 0.242. The van der Waals surface area contributed by atoms with E-state index in [9.17, 15) is 4.39 Å². The van der Waals surface area contributed by atoms with Crippen LogP contribution in [0.5, 0.6) is 0 Å². The lowest BCUT2D eigenvalue weighted by molar-refractivity contribution is 0.603. The number of aromatic nitrogens is 2. The second-order valence-electron chi connectivity index (χ2n) is 3.57. The fourth-order valence-corrected chi connectivity index (χ4v) is 1.85. The molecule has 0 spiro atoms. The van der Waals surface area contributed by atoms with Crippen molar-refractivity contribution < 1.29 is 4.39 Å². The summed E-state index contributed by atoms with van der Waals surface area (Å²) in [6, 6.07) is 4.61. The maximum Gasteiger partial charge on any atom is 0.149 e. The van der Waals surface area contributed by atoms with Gasteiger partial charge in [0.2, 0.25) is 0 Å². The van der Waals surface area contributed by atoms with Crippen molar-refractivity contribution in [3.63, 3.8) is 0 Å². The number of nitrogens with two attached hydrogens (primary N) is 1. The maximum atomic E-state index is 13.8. The van der Waals surface area contributed by atoms with Crippen molar-refractivity contribution in [3.05, 3.63) is 46.4 Å². The van der Waals surface area contributed by atoms with Crippen molar-refractivity contribution >= 4 is 15.9 Å². The zero-order valence-corrected chi connectivity index (χ0v) is 10.3. The number of para-hydroxylation sites is 1. The first-order valence-corrected chi connectivity index (χ1v) is 5.63. The fourth-order valence-electron chi connectivity index (χ4n) is 1.56. The van der Waals surface area contributed by atoms with Crippen LogP contribution in [0, 0.1) is 5.82 Å². The number of rotatable bonds is 2. The molecule has 0 aliphatic rings. The number of hydrogen-bond donors (Lipinski definition) is 1. The van der Waals surface area contributed by atoms with Crippen LogP contribution >= 0.6 is 15.9 Å². The number of benzene rings is 1. The molecule has 0 aliphatic carbocycles. The van der Waals surface area contributed by atoms with Gasteiger partial charge in [-0.1, -0.05) is 12.1 Å². The van der Waals surface area contributed by atoms with E-state index in [1.54, 1.807) is 24.5 Å². The monoisotopic (exact) mass is 283 g/mol. The summed E-state index contributed by atoms with van der Waals surface area (Å²) >= 11 is 3.28. The SMILES string of the molecule is C[C@@H](N)c1cccc(F)c1-n1cc(Br)cn1. The quantitative estimate of drug-likeness (QED) is 0.921. The lowest BCUT2D eigenvalue weighted by Gasteiger charge is -2.13. The smallest absolute Gasteiger partial charge is 0.149 e. The summed E-state index contributed by atoms with van der Waals surface area (Å²) in [4.78, 5) is 0. The highest BCUT2D eigenvalue weighted by Gasteiger charge is 2.14. The van der Waals surface area contributed by atoms with Gasteiger partial charge in [-0.3, -0.25) is 0 Å². The van der Waals surface area contributed by atoms with Crippen LogP contribution in [0.15, 0.2) is 35.1 Å². The molecule has 0 radical (unpaired) electrons. The molecule has 1 atom stereocenters. The summed E-state index contributed by atoms with van der Waals surface area (Å²) in [7, 11) is 0. The van der Waals surface area contributed by atoms with Crippen LogP contribution in [0.4, 0.5) is 4.39 Å². The zero-order valence-electron chi connectivity index (χ0n) is 8.69. The van der Waals surface area contributed by atoms with Crippen molar-refractivity contribution in [1.82, 2.24) is 9.78 Å². The van der Waals surface area contributed by atoms with Crippen LogP contribution in [0.2, 0.25) is 0 Å². The highest BCUT2D eigenvalue weighted by molar-refractivity contribution is 9.10. The highest BCUT2D eigenvalue weighted by Crippen LogP contribution is 2.23. The Hall–Kier alpha value is -1.20. The van der Waals surface area contributed by atoms with E-state index in [1.807, 2.05) is 6.92 Å². The molecule has 84 valence electrons. The third-order valence-corrected chi connectivity index (χ3v) is 2.70. The molecule has 0 aliphatic heterocycles. The molecule has 1 aromatic carbocycles. The van der Waals surface area contributed by atoms with Crippen molar-refractivity contribution in [2.24, 2.45) is 5.73 Å². The molecule has 3 nitrogen and oxygen atoms in total. The summed E-state index contributed by atoms with van der Waals surface area (Å²) in [5, 5.41) is 4.06. The van der Waals surface area contributed by atoms with Crippen LogP contribution in [-0.2, 0) is 0 Å². The Kier molecular flexibility index (Phi) is 3.07. The third kappa shape index (κ3) is 2.01. The molecule has 0 amide bonds. The molecule has 0 fully saturated rings. The van der Waals surface area contributed by atoms with E-state index in [1.165, 1.54) is 10.7 Å². The molecule has 0 saturated heterocycles. The first kappa shape index (κ1) is 11.3. The standard InChI is InChI=1S/C11H11BrFN3/c1-7(14)9-3-2-4-10(13)11(9)16-6-8(12)5-15-16/h2-7H,14H2,1H3/t7-/m1/s1. The van der Waals surface area contributed by atoms with Gasteiger partial charge < -0.3 is 5.73 Å². The van der Waals surface area contributed by atoms with E-state index >= 15 is 0 Å².